The minimum atomic E-state index is 0.406. The number of hydrogen-bond donors (Lipinski definition) is 2. The van der Waals surface area contributed by atoms with E-state index in [0.717, 1.165) is 73.7 Å². The van der Waals surface area contributed by atoms with Gasteiger partial charge < -0.3 is 20.3 Å². The van der Waals surface area contributed by atoms with Crippen molar-refractivity contribution >= 4 is 22.7 Å². The van der Waals surface area contributed by atoms with Crippen molar-refractivity contribution in [3.05, 3.63) is 54.1 Å². The van der Waals surface area contributed by atoms with Crippen molar-refractivity contribution in [2.45, 2.75) is 76.9 Å². The summed E-state index contributed by atoms with van der Waals surface area (Å²) in [6.45, 7) is 3.90. The maximum absolute atomic E-state index is 6.10. The molecule has 1 aliphatic rings. The van der Waals surface area contributed by atoms with E-state index in [-0.39, 0.29) is 0 Å². The van der Waals surface area contributed by atoms with Gasteiger partial charge in [0.15, 0.2) is 0 Å². The normalized spacial score (nSPS) is 17.9. The van der Waals surface area contributed by atoms with Crippen molar-refractivity contribution in [2.24, 2.45) is 0 Å². The van der Waals surface area contributed by atoms with Crippen molar-refractivity contribution in [3.63, 3.8) is 0 Å². The molecule has 6 heteroatoms. The van der Waals surface area contributed by atoms with Gasteiger partial charge in [0.2, 0.25) is 5.95 Å². The molecule has 0 spiro atoms. The summed E-state index contributed by atoms with van der Waals surface area (Å²) in [6.07, 6.45) is 9.43. The lowest BCUT2D eigenvalue weighted by atomic mass is 9.91. The summed E-state index contributed by atoms with van der Waals surface area (Å²) >= 11 is 0. The van der Waals surface area contributed by atoms with Crippen LogP contribution in [0.15, 0.2) is 48.5 Å². The Hall–Kier alpha value is -2.86. The van der Waals surface area contributed by atoms with Gasteiger partial charge in [-0.25, -0.2) is 4.98 Å². The van der Waals surface area contributed by atoms with Gasteiger partial charge in [-0.1, -0.05) is 56.5 Å². The largest absolute Gasteiger partial charge is 0.493 e. The molecule has 0 unspecified atom stereocenters. The molecule has 0 amide bonds. The first-order valence-electron chi connectivity index (χ1n) is 13.3. The number of para-hydroxylation sites is 2. The van der Waals surface area contributed by atoms with E-state index in [9.17, 15) is 0 Å². The zero-order valence-corrected chi connectivity index (χ0v) is 21.6. The van der Waals surface area contributed by atoms with E-state index >= 15 is 0 Å². The second kappa shape index (κ2) is 12.7. The third-order valence-electron chi connectivity index (χ3n) is 6.88. The van der Waals surface area contributed by atoms with Crippen LogP contribution in [0, 0.1) is 0 Å². The lowest BCUT2D eigenvalue weighted by molar-refractivity contribution is 0.298. The molecular weight excluding hydrogens is 434 g/mol. The van der Waals surface area contributed by atoms with E-state index in [0.29, 0.717) is 12.1 Å². The molecule has 188 valence electrons. The number of benzene rings is 2. The molecule has 2 aromatic carbocycles. The second-order valence-corrected chi connectivity index (χ2v) is 9.87. The van der Waals surface area contributed by atoms with Gasteiger partial charge in [0.1, 0.15) is 11.6 Å². The molecule has 0 bridgehead atoms. The first kappa shape index (κ1) is 25.2. The first-order valence-corrected chi connectivity index (χ1v) is 13.3. The smallest absolute Gasteiger partial charge is 0.225 e. The Labute approximate surface area is 210 Å². The van der Waals surface area contributed by atoms with Crippen LogP contribution < -0.4 is 20.3 Å². The summed E-state index contributed by atoms with van der Waals surface area (Å²) in [5, 5.41) is 8.47. The molecule has 1 aliphatic carbocycles. The van der Waals surface area contributed by atoms with Gasteiger partial charge in [-0.15, -0.1) is 0 Å². The SMILES string of the molecule is CCCCCCOc1ccccc1CNC1CCC(Nc2nc(N(C)C)c3ccccc3n2)CC1. The Bertz CT molecular complexity index is 1060. The highest BCUT2D eigenvalue weighted by Crippen LogP contribution is 2.27. The zero-order valence-electron chi connectivity index (χ0n) is 21.6. The molecule has 3 aromatic rings. The molecule has 0 saturated heterocycles. The van der Waals surface area contributed by atoms with E-state index in [1.807, 2.05) is 26.2 Å². The van der Waals surface area contributed by atoms with Gasteiger partial charge in [0.25, 0.3) is 0 Å². The lowest BCUT2D eigenvalue weighted by Crippen LogP contribution is -2.37. The van der Waals surface area contributed by atoms with E-state index in [1.165, 1.54) is 24.8 Å². The van der Waals surface area contributed by atoms with Crippen LogP contribution in [0.25, 0.3) is 10.9 Å². The summed E-state index contributed by atoms with van der Waals surface area (Å²) < 4.78 is 6.10. The molecule has 0 atom stereocenters. The molecule has 0 radical (unpaired) electrons. The zero-order chi connectivity index (χ0) is 24.5. The average Bonchev–Trinajstić information content (AvgIpc) is 2.88. The monoisotopic (exact) mass is 475 g/mol. The third kappa shape index (κ3) is 7.07. The molecule has 1 fully saturated rings. The molecule has 1 aromatic heterocycles. The fourth-order valence-corrected chi connectivity index (χ4v) is 4.85. The van der Waals surface area contributed by atoms with Crippen LogP contribution in [-0.2, 0) is 6.54 Å². The number of hydrogen-bond acceptors (Lipinski definition) is 6. The minimum Gasteiger partial charge on any atom is -0.493 e. The van der Waals surface area contributed by atoms with Gasteiger partial charge in [0.05, 0.1) is 12.1 Å². The molecule has 35 heavy (non-hydrogen) atoms. The summed E-state index contributed by atoms with van der Waals surface area (Å²) in [4.78, 5) is 11.7. The van der Waals surface area contributed by atoms with E-state index in [2.05, 4.69) is 58.9 Å². The van der Waals surface area contributed by atoms with Crippen molar-refractivity contribution in [1.29, 1.82) is 0 Å². The predicted molar refractivity (Wildman–Crippen MR) is 146 cm³/mol. The molecule has 1 heterocycles. The molecule has 4 rings (SSSR count). The highest BCUT2D eigenvalue weighted by atomic mass is 16.5. The van der Waals surface area contributed by atoms with E-state index < -0.39 is 0 Å². The van der Waals surface area contributed by atoms with Gasteiger partial charge in [-0.2, -0.15) is 4.98 Å². The number of anilines is 2. The van der Waals surface area contributed by atoms with Crippen LogP contribution in [0.5, 0.6) is 5.75 Å². The van der Waals surface area contributed by atoms with Crippen LogP contribution in [-0.4, -0.2) is 42.8 Å². The Balaban J connectivity index is 1.27. The topological polar surface area (TPSA) is 62.3 Å². The molecular formula is C29H41N5O. The third-order valence-corrected chi connectivity index (χ3v) is 6.88. The highest BCUT2D eigenvalue weighted by molar-refractivity contribution is 5.90. The lowest BCUT2D eigenvalue weighted by Gasteiger charge is -2.30. The summed E-state index contributed by atoms with van der Waals surface area (Å²) in [6, 6.07) is 17.6. The predicted octanol–water partition coefficient (Wildman–Crippen LogP) is 6.17. The van der Waals surface area contributed by atoms with Gasteiger partial charge >= 0.3 is 0 Å². The van der Waals surface area contributed by atoms with E-state index in [1.54, 1.807) is 0 Å². The highest BCUT2D eigenvalue weighted by Gasteiger charge is 2.22. The average molecular weight is 476 g/mol. The summed E-state index contributed by atoms with van der Waals surface area (Å²) in [5.41, 5.74) is 2.24. The number of nitrogens with one attached hydrogen (secondary N) is 2. The minimum absolute atomic E-state index is 0.406. The second-order valence-electron chi connectivity index (χ2n) is 9.87. The van der Waals surface area contributed by atoms with Gasteiger partial charge in [-0.05, 0) is 50.3 Å². The molecule has 2 N–H and O–H groups in total. The van der Waals surface area contributed by atoms with Crippen LogP contribution in [0.2, 0.25) is 0 Å². The Kier molecular flexibility index (Phi) is 9.18. The molecule has 1 saturated carbocycles. The molecule has 6 nitrogen and oxygen atoms in total. The van der Waals surface area contributed by atoms with Crippen LogP contribution in [0.3, 0.4) is 0 Å². The molecule has 0 aliphatic heterocycles. The number of aromatic nitrogens is 2. The van der Waals surface area contributed by atoms with Crippen LogP contribution in [0.1, 0.15) is 63.9 Å². The number of ether oxygens (including phenoxy) is 1. The van der Waals surface area contributed by atoms with Gasteiger partial charge in [0, 0.05) is 43.7 Å². The Morgan fingerprint density at radius 2 is 1.63 bits per heavy atom. The number of unbranched alkanes of at least 4 members (excludes halogenated alkanes) is 3. The standard InChI is InChI=1S/C29H41N5O/c1-4-5-6-11-20-35-27-15-10-7-12-22(27)21-30-23-16-18-24(19-17-23)31-29-32-26-14-9-8-13-25(26)28(33-29)34(2)3/h7-10,12-15,23-24,30H,4-6,11,16-21H2,1-3H3,(H,31,32,33). The van der Waals surface area contributed by atoms with Crippen LogP contribution >= 0.6 is 0 Å². The fraction of sp³-hybridized carbons (Fsp3) is 0.517. The Morgan fingerprint density at radius 3 is 2.43 bits per heavy atom. The number of rotatable bonds is 12. The number of fused-ring (bicyclic) bond motifs is 1. The van der Waals surface area contributed by atoms with Crippen molar-refractivity contribution in [2.75, 3.05) is 30.9 Å². The summed E-state index contributed by atoms with van der Waals surface area (Å²) in [7, 11) is 4.07. The fourth-order valence-electron chi connectivity index (χ4n) is 4.85. The van der Waals surface area contributed by atoms with Gasteiger partial charge in [-0.3, -0.25) is 0 Å². The van der Waals surface area contributed by atoms with Crippen molar-refractivity contribution in [3.8, 4) is 5.75 Å². The maximum Gasteiger partial charge on any atom is 0.225 e. The first-order chi connectivity index (χ1) is 17.1. The summed E-state index contributed by atoms with van der Waals surface area (Å²) in [5.74, 6) is 2.71. The van der Waals surface area contributed by atoms with Crippen LogP contribution in [0.4, 0.5) is 11.8 Å². The van der Waals surface area contributed by atoms with Crippen molar-refractivity contribution < 1.29 is 4.74 Å². The Morgan fingerprint density at radius 1 is 0.886 bits per heavy atom. The van der Waals surface area contributed by atoms with Crippen molar-refractivity contribution in [1.82, 2.24) is 15.3 Å². The number of nitrogens with zero attached hydrogens (tertiary/aromatic N) is 3. The quantitative estimate of drug-likeness (QED) is 0.306. The van der Waals surface area contributed by atoms with E-state index in [4.69, 9.17) is 14.7 Å². The maximum atomic E-state index is 6.10.